The Kier molecular flexibility index (Phi) is 8.65. The predicted molar refractivity (Wildman–Crippen MR) is 115 cm³/mol. The summed E-state index contributed by atoms with van der Waals surface area (Å²) < 4.78 is 68.4. The van der Waals surface area contributed by atoms with Gasteiger partial charge < -0.3 is 19.9 Å². The normalized spacial score (nSPS) is 15.4. The summed E-state index contributed by atoms with van der Waals surface area (Å²) in [5.74, 6) is -4.67. The molecule has 1 aromatic carbocycles. The van der Waals surface area contributed by atoms with Gasteiger partial charge in [0.15, 0.2) is 6.61 Å². The van der Waals surface area contributed by atoms with Crippen molar-refractivity contribution in [1.29, 1.82) is 0 Å². The lowest BCUT2D eigenvalue weighted by Gasteiger charge is -2.37. The maximum atomic E-state index is 13.2. The van der Waals surface area contributed by atoms with Gasteiger partial charge in [-0.1, -0.05) is 12.1 Å². The number of carbonyl (C=O) groups excluding carboxylic acids is 1. The van der Waals surface area contributed by atoms with E-state index in [1.165, 1.54) is 18.2 Å². The molecule has 2 aromatic rings. The third-order valence-corrected chi connectivity index (χ3v) is 5.63. The smallest absolute Gasteiger partial charge is 0.340 e. The number of ether oxygens (including phenoxy) is 1. The summed E-state index contributed by atoms with van der Waals surface area (Å²) in [4.78, 5) is 21.0. The molecule has 1 aliphatic heterocycles. The van der Waals surface area contributed by atoms with Gasteiger partial charge >= 0.3 is 18.4 Å². The summed E-state index contributed by atoms with van der Waals surface area (Å²) in [5, 5.41) is 2.84. The molecule has 0 atom stereocenters. The standard InChI is InChI=1S/C23H27F5N4O2/c1-31-10-8-19(9-11-31)32(14-18-5-4-17(24)13-29-18)22(33)30-12-16-2-6-20(7-3-16)34-15-23(27,28)21(25)26/h2-7,13,19,21H,8-12,14-15H2,1H3,(H,30,33). The highest BCUT2D eigenvalue weighted by atomic mass is 19.3. The molecular formula is C23H27F5N4O2. The molecule has 0 unspecified atom stereocenters. The molecule has 2 amide bonds. The number of pyridine rings is 1. The van der Waals surface area contributed by atoms with Gasteiger partial charge in [-0.3, -0.25) is 4.98 Å². The third-order valence-electron chi connectivity index (χ3n) is 5.63. The number of likely N-dealkylation sites (tertiary alicyclic amines) is 1. The van der Waals surface area contributed by atoms with Gasteiger partial charge in [0, 0.05) is 12.6 Å². The number of piperidine rings is 1. The largest absolute Gasteiger partial charge is 0.487 e. The minimum absolute atomic E-state index is 0.00432. The molecule has 0 aliphatic carbocycles. The van der Waals surface area contributed by atoms with Crippen LogP contribution in [0.3, 0.4) is 0 Å². The van der Waals surface area contributed by atoms with E-state index in [1.807, 2.05) is 7.05 Å². The maximum Gasteiger partial charge on any atom is 0.340 e. The Bertz CT molecular complexity index is 920. The number of alkyl halides is 4. The number of aromatic nitrogens is 1. The third kappa shape index (κ3) is 7.28. The number of nitrogens with zero attached hydrogens (tertiary/aromatic N) is 3. The first kappa shape index (κ1) is 25.7. The van der Waals surface area contributed by atoms with E-state index >= 15 is 0 Å². The molecule has 1 aliphatic rings. The highest BCUT2D eigenvalue weighted by molar-refractivity contribution is 5.74. The average Bonchev–Trinajstić information content (AvgIpc) is 2.82. The molecule has 1 N–H and O–H groups in total. The van der Waals surface area contributed by atoms with Gasteiger partial charge in [-0.15, -0.1) is 0 Å². The molecule has 0 saturated carbocycles. The lowest BCUT2D eigenvalue weighted by molar-refractivity contribution is -0.148. The first-order chi connectivity index (χ1) is 16.1. The lowest BCUT2D eigenvalue weighted by Crippen LogP contribution is -2.49. The summed E-state index contributed by atoms with van der Waals surface area (Å²) in [6, 6.07) is 8.39. The van der Waals surface area contributed by atoms with Crippen molar-refractivity contribution in [3.05, 3.63) is 59.7 Å². The molecular weight excluding hydrogens is 459 g/mol. The van der Waals surface area contributed by atoms with Gasteiger partial charge in [-0.05, 0) is 62.8 Å². The van der Waals surface area contributed by atoms with Crippen molar-refractivity contribution in [2.75, 3.05) is 26.7 Å². The molecule has 2 heterocycles. The Hall–Kier alpha value is -2.95. The summed E-state index contributed by atoms with van der Waals surface area (Å²) in [6.45, 7) is 0.649. The van der Waals surface area contributed by atoms with Gasteiger partial charge in [0.25, 0.3) is 0 Å². The highest BCUT2D eigenvalue weighted by Crippen LogP contribution is 2.24. The zero-order valence-corrected chi connectivity index (χ0v) is 18.7. The molecule has 6 nitrogen and oxygen atoms in total. The fourth-order valence-corrected chi connectivity index (χ4v) is 3.57. The fourth-order valence-electron chi connectivity index (χ4n) is 3.57. The number of rotatable bonds is 9. The van der Waals surface area contributed by atoms with Gasteiger partial charge in [0.05, 0.1) is 18.4 Å². The second kappa shape index (κ2) is 11.5. The minimum Gasteiger partial charge on any atom is -0.487 e. The zero-order valence-electron chi connectivity index (χ0n) is 18.7. The topological polar surface area (TPSA) is 57.7 Å². The van der Waals surface area contributed by atoms with E-state index in [1.54, 1.807) is 23.1 Å². The molecule has 3 rings (SSSR count). The molecule has 1 fully saturated rings. The predicted octanol–water partition coefficient (Wildman–Crippen LogP) is 4.31. The van der Waals surface area contributed by atoms with Crippen LogP contribution in [0.5, 0.6) is 5.75 Å². The van der Waals surface area contributed by atoms with E-state index < -0.39 is 24.8 Å². The number of hydrogen-bond donors (Lipinski definition) is 1. The second-order valence-electron chi connectivity index (χ2n) is 8.28. The zero-order chi connectivity index (χ0) is 24.7. The van der Waals surface area contributed by atoms with Crippen LogP contribution >= 0.6 is 0 Å². The summed E-state index contributed by atoms with van der Waals surface area (Å²) >= 11 is 0. The van der Waals surface area contributed by atoms with Crippen LogP contribution in [0.2, 0.25) is 0 Å². The van der Waals surface area contributed by atoms with E-state index in [9.17, 15) is 26.7 Å². The van der Waals surface area contributed by atoms with Crippen molar-refractivity contribution >= 4 is 6.03 Å². The Balaban J connectivity index is 1.59. The van der Waals surface area contributed by atoms with Crippen molar-refractivity contribution in [3.8, 4) is 5.75 Å². The van der Waals surface area contributed by atoms with Crippen molar-refractivity contribution < 1.29 is 31.5 Å². The highest BCUT2D eigenvalue weighted by Gasteiger charge is 2.41. The molecule has 0 radical (unpaired) electrons. The molecule has 0 spiro atoms. The average molecular weight is 486 g/mol. The molecule has 1 aromatic heterocycles. The Morgan fingerprint density at radius 2 is 1.88 bits per heavy atom. The van der Waals surface area contributed by atoms with E-state index in [4.69, 9.17) is 4.74 Å². The number of halogens is 5. The quantitative estimate of drug-likeness (QED) is 0.537. The van der Waals surface area contributed by atoms with Crippen LogP contribution < -0.4 is 10.1 Å². The Morgan fingerprint density at radius 1 is 1.21 bits per heavy atom. The van der Waals surface area contributed by atoms with Crippen molar-refractivity contribution in [3.63, 3.8) is 0 Å². The molecule has 11 heteroatoms. The first-order valence-corrected chi connectivity index (χ1v) is 10.8. The SMILES string of the molecule is CN1CCC(N(Cc2ccc(F)cn2)C(=O)NCc2ccc(OCC(F)(F)C(F)F)cc2)CC1. The number of amides is 2. The number of urea groups is 1. The van der Waals surface area contributed by atoms with Crippen molar-refractivity contribution in [2.45, 2.75) is 44.3 Å². The molecule has 1 saturated heterocycles. The van der Waals surface area contributed by atoms with Crippen molar-refractivity contribution in [1.82, 2.24) is 20.1 Å². The lowest BCUT2D eigenvalue weighted by atomic mass is 10.0. The Morgan fingerprint density at radius 3 is 2.47 bits per heavy atom. The number of benzene rings is 1. The van der Waals surface area contributed by atoms with Crippen LogP contribution in [-0.4, -0.2) is 65.9 Å². The van der Waals surface area contributed by atoms with Gasteiger partial charge in [-0.25, -0.2) is 18.0 Å². The number of nitrogens with one attached hydrogen (secondary N) is 1. The van der Waals surface area contributed by atoms with Crippen LogP contribution in [0.1, 0.15) is 24.1 Å². The summed E-state index contributed by atoms with van der Waals surface area (Å²) in [7, 11) is 2.02. The second-order valence-corrected chi connectivity index (χ2v) is 8.28. The van der Waals surface area contributed by atoms with Crippen LogP contribution in [-0.2, 0) is 13.1 Å². The molecule has 0 bridgehead atoms. The van der Waals surface area contributed by atoms with E-state index in [-0.39, 0.29) is 30.9 Å². The number of hydrogen-bond acceptors (Lipinski definition) is 4. The van der Waals surface area contributed by atoms with Gasteiger partial charge in [0.2, 0.25) is 0 Å². The van der Waals surface area contributed by atoms with E-state index in [0.29, 0.717) is 11.3 Å². The number of carbonyl (C=O) groups is 1. The van der Waals surface area contributed by atoms with Crippen LogP contribution in [0.25, 0.3) is 0 Å². The van der Waals surface area contributed by atoms with Crippen LogP contribution in [0, 0.1) is 5.82 Å². The summed E-state index contributed by atoms with van der Waals surface area (Å²) in [5.41, 5.74) is 1.24. The Labute approximate surface area is 194 Å². The van der Waals surface area contributed by atoms with Crippen LogP contribution in [0.4, 0.5) is 26.7 Å². The summed E-state index contributed by atoms with van der Waals surface area (Å²) in [6.07, 6.45) is -1.11. The van der Waals surface area contributed by atoms with E-state index in [2.05, 4.69) is 15.2 Å². The van der Waals surface area contributed by atoms with Gasteiger partial charge in [0.1, 0.15) is 11.6 Å². The first-order valence-electron chi connectivity index (χ1n) is 10.8. The maximum absolute atomic E-state index is 13.2. The van der Waals surface area contributed by atoms with Crippen LogP contribution in [0.15, 0.2) is 42.6 Å². The molecule has 186 valence electrons. The van der Waals surface area contributed by atoms with Gasteiger partial charge in [-0.2, -0.15) is 8.78 Å². The molecule has 34 heavy (non-hydrogen) atoms. The fraction of sp³-hybridized carbons (Fsp3) is 0.478. The minimum atomic E-state index is -4.23. The monoisotopic (exact) mass is 486 g/mol. The van der Waals surface area contributed by atoms with Crippen molar-refractivity contribution in [2.24, 2.45) is 0 Å². The van der Waals surface area contributed by atoms with E-state index in [0.717, 1.165) is 32.1 Å².